The molecule has 2 unspecified atom stereocenters. The molecule has 4 nitrogen and oxygen atoms in total. The van der Waals surface area contributed by atoms with E-state index in [1.165, 1.54) is 18.2 Å². The molecule has 1 aliphatic rings. The van der Waals surface area contributed by atoms with Crippen molar-refractivity contribution in [1.82, 2.24) is 5.32 Å². The Morgan fingerprint density at radius 3 is 2.86 bits per heavy atom. The molecule has 1 aromatic rings. The van der Waals surface area contributed by atoms with Crippen molar-refractivity contribution in [2.45, 2.75) is 38.5 Å². The number of carbonyl (C=O) groups excluding carboxylic acids is 1. The summed E-state index contributed by atoms with van der Waals surface area (Å²) < 4.78 is 29.1. The number of hydrogen-bond acceptors (Lipinski definition) is 3. The molecule has 0 saturated heterocycles. The van der Waals surface area contributed by atoms with Gasteiger partial charge in [0.25, 0.3) is 0 Å². The number of alkyl halides is 2. The maximum Gasteiger partial charge on any atom is 0.387 e. The van der Waals surface area contributed by atoms with Crippen LogP contribution in [0.3, 0.4) is 0 Å². The van der Waals surface area contributed by atoms with Gasteiger partial charge in [0.2, 0.25) is 5.91 Å². The zero-order chi connectivity index (χ0) is 15.4. The van der Waals surface area contributed by atoms with Gasteiger partial charge in [0.1, 0.15) is 5.75 Å². The number of nitrogens with one attached hydrogen (secondary N) is 1. The molecule has 0 bridgehead atoms. The molecule has 0 spiro atoms. The number of halogens is 3. The summed E-state index contributed by atoms with van der Waals surface area (Å²) in [5.41, 5.74) is 6.18. The molecule has 21 heavy (non-hydrogen) atoms. The number of carbonyl (C=O) groups is 1. The van der Waals surface area contributed by atoms with Gasteiger partial charge in [-0.1, -0.05) is 11.6 Å². The SMILES string of the molecule is NC1CCC(C(=O)NCc2cc(Cl)ccc2OC(F)F)C1. The highest BCUT2D eigenvalue weighted by Gasteiger charge is 2.27. The van der Waals surface area contributed by atoms with Crippen molar-refractivity contribution in [1.29, 1.82) is 0 Å². The number of rotatable bonds is 5. The first kappa shape index (κ1) is 16.0. The maximum atomic E-state index is 12.3. The quantitative estimate of drug-likeness (QED) is 0.877. The van der Waals surface area contributed by atoms with Crippen molar-refractivity contribution in [3.63, 3.8) is 0 Å². The maximum absolute atomic E-state index is 12.3. The lowest BCUT2D eigenvalue weighted by Gasteiger charge is -2.14. The van der Waals surface area contributed by atoms with Crippen LogP contribution in [0.15, 0.2) is 18.2 Å². The molecule has 1 aromatic carbocycles. The van der Waals surface area contributed by atoms with Gasteiger partial charge in [0.15, 0.2) is 0 Å². The molecule has 116 valence electrons. The minimum absolute atomic E-state index is 0.0119. The van der Waals surface area contributed by atoms with Crippen molar-refractivity contribution in [3.05, 3.63) is 28.8 Å². The summed E-state index contributed by atoms with van der Waals surface area (Å²) in [5, 5.41) is 3.12. The van der Waals surface area contributed by atoms with Crippen molar-refractivity contribution < 1.29 is 18.3 Å². The van der Waals surface area contributed by atoms with E-state index < -0.39 is 6.61 Å². The summed E-state index contributed by atoms with van der Waals surface area (Å²) in [6, 6.07) is 4.38. The molecule has 2 atom stereocenters. The monoisotopic (exact) mass is 318 g/mol. The van der Waals surface area contributed by atoms with E-state index in [-0.39, 0.29) is 30.2 Å². The highest BCUT2D eigenvalue weighted by molar-refractivity contribution is 6.30. The van der Waals surface area contributed by atoms with Crippen molar-refractivity contribution in [2.75, 3.05) is 0 Å². The number of amides is 1. The Labute approximate surface area is 126 Å². The minimum atomic E-state index is -2.92. The van der Waals surface area contributed by atoms with Crippen molar-refractivity contribution in [3.8, 4) is 5.75 Å². The number of benzene rings is 1. The third kappa shape index (κ3) is 4.54. The Morgan fingerprint density at radius 1 is 1.48 bits per heavy atom. The predicted molar refractivity (Wildman–Crippen MR) is 75.2 cm³/mol. The van der Waals surface area contributed by atoms with Crippen LogP contribution in [0.1, 0.15) is 24.8 Å². The van der Waals surface area contributed by atoms with E-state index in [9.17, 15) is 13.6 Å². The molecular weight excluding hydrogens is 302 g/mol. The van der Waals surface area contributed by atoms with Gasteiger partial charge >= 0.3 is 6.61 Å². The van der Waals surface area contributed by atoms with Crippen LogP contribution in [-0.2, 0) is 11.3 Å². The minimum Gasteiger partial charge on any atom is -0.434 e. The van der Waals surface area contributed by atoms with Crippen molar-refractivity contribution in [2.24, 2.45) is 11.7 Å². The largest absolute Gasteiger partial charge is 0.434 e. The van der Waals surface area contributed by atoms with Crippen LogP contribution in [-0.4, -0.2) is 18.6 Å². The summed E-state index contributed by atoms with van der Waals surface area (Å²) >= 11 is 5.84. The third-order valence-corrected chi connectivity index (χ3v) is 3.77. The smallest absolute Gasteiger partial charge is 0.387 e. The summed E-state index contributed by atoms with van der Waals surface area (Å²) in [6.07, 6.45) is 2.24. The molecule has 1 amide bonds. The van der Waals surface area contributed by atoms with E-state index in [2.05, 4.69) is 10.1 Å². The fourth-order valence-electron chi connectivity index (χ4n) is 2.48. The highest BCUT2D eigenvalue weighted by atomic mass is 35.5. The van der Waals surface area contributed by atoms with E-state index in [4.69, 9.17) is 17.3 Å². The molecular formula is C14H17ClF2N2O2. The Hall–Kier alpha value is -1.40. The lowest BCUT2D eigenvalue weighted by atomic mass is 10.1. The molecule has 3 N–H and O–H groups in total. The van der Waals surface area contributed by atoms with E-state index in [0.717, 1.165) is 12.8 Å². The third-order valence-electron chi connectivity index (χ3n) is 3.54. The molecule has 0 aliphatic heterocycles. The molecule has 0 radical (unpaired) electrons. The second-order valence-corrected chi connectivity index (χ2v) is 5.55. The highest BCUT2D eigenvalue weighted by Crippen LogP contribution is 2.26. The van der Waals surface area contributed by atoms with Gasteiger partial charge < -0.3 is 15.8 Å². The Balaban J connectivity index is 1.98. The van der Waals surface area contributed by atoms with Crippen LogP contribution in [0, 0.1) is 5.92 Å². The standard InChI is InChI=1S/C14H17ClF2N2O2/c15-10-2-4-12(21-14(16)17)9(5-10)7-19-13(20)8-1-3-11(18)6-8/h2,4-5,8,11,14H,1,3,6-7,18H2,(H,19,20). The first-order chi connectivity index (χ1) is 9.95. The first-order valence-corrected chi connectivity index (χ1v) is 7.10. The fourth-order valence-corrected chi connectivity index (χ4v) is 2.67. The van der Waals surface area contributed by atoms with Gasteiger partial charge in [-0.2, -0.15) is 8.78 Å². The van der Waals surface area contributed by atoms with Crippen LogP contribution >= 0.6 is 11.6 Å². The molecule has 1 fully saturated rings. The fraction of sp³-hybridized carbons (Fsp3) is 0.500. The predicted octanol–water partition coefficient (Wildman–Crippen LogP) is 2.69. The molecule has 0 heterocycles. The van der Waals surface area contributed by atoms with Gasteiger partial charge in [0.05, 0.1) is 0 Å². The molecule has 2 rings (SSSR count). The second kappa shape index (κ2) is 7.04. The van der Waals surface area contributed by atoms with Crippen LogP contribution in [0.2, 0.25) is 5.02 Å². The topological polar surface area (TPSA) is 64.4 Å². The van der Waals surface area contributed by atoms with Gasteiger partial charge in [0, 0.05) is 29.1 Å². The van der Waals surface area contributed by atoms with Crippen LogP contribution in [0.25, 0.3) is 0 Å². The summed E-state index contributed by atoms with van der Waals surface area (Å²) in [5.74, 6) is -0.220. The van der Waals surface area contributed by atoms with Crippen LogP contribution in [0.5, 0.6) is 5.75 Å². The van der Waals surface area contributed by atoms with E-state index in [1.54, 1.807) is 0 Å². The van der Waals surface area contributed by atoms with Gasteiger partial charge in [-0.15, -0.1) is 0 Å². The Bertz CT molecular complexity index is 514. The molecule has 0 aromatic heterocycles. The molecule has 1 aliphatic carbocycles. The van der Waals surface area contributed by atoms with Gasteiger partial charge in [-0.3, -0.25) is 4.79 Å². The zero-order valence-corrected chi connectivity index (χ0v) is 12.1. The van der Waals surface area contributed by atoms with E-state index >= 15 is 0 Å². The van der Waals surface area contributed by atoms with E-state index in [0.29, 0.717) is 17.0 Å². The average Bonchev–Trinajstić information content (AvgIpc) is 2.85. The summed E-state index contributed by atoms with van der Waals surface area (Å²) in [4.78, 5) is 12.0. The lowest BCUT2D eigenvalue weighted by molar-refractivity contribution is -0.125. The first-order valence-electron chi connectivity index (χ1n) is 6.72. The van der Waals surface area contributed by atoms with Crippen LogP contribution < -0.4 is 15.8 Å². The summed E-state index contributed by atoms with van der Waals surface area (Å²) in [6.45, 7) is -2.83. The normalized spacial score (nSPS) is 21.6. The Kier molecular flexibility index (Phi) is 5.36. The second-order valence-electron chi connectivity index (χ2n) is 5.12. The van der Waals surface area contributed by atoms with Gasteiger partial charge in [-0.25, -0.2) is 0 Å². The molecule has 1 saturated carbocycles. The summed E-state index contributed by atoms with van der Waals surface area (Å²) in [7, 11) is 0. The zero-order valence-electron chi connectivity index (χ0n) is 11.3. The van der Waals surface area contributed by atoms with Crippen LogP contribution in [0.4, 0.5) is 8.78 Å². The average molecular weight is 319 g/mol. The number of ether oxygens (including phenoxy) is 1. The Morgan fingerprint density at radius 2 is 2.24 bits per heavy atom. The molecule has 7 heteroatoms. The number of nitrogens with two attached hydrogens (primary N) is 1. The van der Waals surface area contributed by atoms with E-state index in [1.807, 2.05) is 0 Å². The number of hydrogen-bond donors (Lipinski definition) is 2. The van der Waals surface area contributed by atoms with Crippen molar-refractivity contribution >= 4 is 17.5 Å². The van der Waals surface area contributed by atoms with Gasteiger partial charge in [-0.05, 0) is 37.5 Å². The lowest BCUT2D eigenvalue weighted by Crippen LogP contribution is -2.30.